The molecule has 0 radical (unpaired) electrons. The van der Waals surface area contributed by atoms with E-state index in [1.807, 2.05) is 6.92 Å². The monoisotopic (exact) mass is 256 g/mol. The largest absolute Gasteiger partial charge is 0.397 e. The molecule has 0 unspecified atom stereocenters. The first-order chi connectivity index (χ1) is 7.80. The molecule has 1 heterocycles. The number of hydrogen-bond acceptors (Lipinski definition) is 5. The standard InChI is InChI=1S/C11H16N2O3S/c1-11(6-16-7-11)13-10-5-8(17(2,14)15)3-4-9(10)12/h3-5,13H,6-7,12H2,1-2H3. The maximum Gasteiger partial charge on any atom is 0.175 e. The highest BCUT2D eigenvalue weighted by Gasteiger charge is 2.33. The minimum absolute atomic E-state index is 0.162. The van der Waals surface area contributed by atoms with Crippen LogP contribution in [-0.2, 0) is 14.6 Å². The number of hydrogen-bond donors (Lipinski definition) is 2. The predicted octanol–water partition coefficient (Wildman–Crippen LogP) is 0.873. The van der Waals surface area contributed by atoms with Crippen LogP contribution in [0.1, 0.15) is 6.92 Å². The van der Waals surface area contributed by atoms with E-state index in [0.29, 0.717) is 24.6 Å². The van der Waals surface area contributed by atoms with Gasteiger partial charge in [-0.05, 0) is 25.1 Å². The lowest BCUT2D eigenvalue weighted by Crippen LogP contribution is -2.53. The van der Waals surface area contributed by atoms with Crippen molar-refractivity contribution in [1.82, 2.24) is 0 Å². The van der Waals surface area contributed by atoms with Crippen molar-refractivity contribution in [3.05, 3.63) is 18.2 Å². The van der Waals surface area contributed by atoms with Crippen LogP contribution in [0.15, 0.2) is 23.1 Å². The first-order valence-corrected chi connectivity index (χ1v) is 7.15. The van der Waals surface area contributed by atoms with E-state index in [1.54, 1.807) is 12.1 Å². The molecule has 6 heteroatoms. The van der Waals surface area contributed by atoms with Crippen LogP contribution in [0.5, 0.6) is 0 Å². The number of rotatable bonds is 3. The molecule has 1 fully saturated rings. The van der Waals surface area contributed by atoms with Crippen LogP contribution in [0.2, 0.25) is 0 Å². The summed E-state index contributed by atoms with van der Waals surface area (Å²) in [6, 6.07) is 4.67. The molecule has 0 bridgehead atoms. The summed E-state index contributed by atoms with van der Waals surface area (Å²) < 4.78 is 28.0. The van der Waals surface area contributed by atoms with Crippen molar-refractivity contribution in [2.45, 2.75) is 17.4 Å². The number of anilines is 2. The summed E-state index contributed by atoms with van der Waals surface area (Å²) in [4.78, 5) is 0.262. The highest BCUT2D eigenvalue weighted by atomic mass is 32.2. The van der Waals surface area contributed by atoms with Gasteiger partial charge in [0, 0.05) is 6.26 Å². The zero-order valence-corrected chi connectivity index (χ0v) is 10.7. The third-order valence-electron chi connectivity index (χ3n) is 2.73. The fourth-order valence-corrected chi connectivity index (χ4v) is 2.33. The SMILES string of the molecule is CC1(Nc2cc(S(C)(=O)=O)ccc2N)COC1. The Hall–Kier alpha value is -1.27. The van der Waals surface area contributed by atoms with Gasteiger partial charge in [0.15, 0.2) is 9.84 Å². The average Bonchev–Trinajstić information content (AvgIpc) is 2.17. The molecule has 1 aliphatic rings. The maximum absolute atomic E-state index is 11.5. The summed E-state index contributed by atoms with van der Waals surface area (Å²) in [5, 5.41) is 3.22. The Morgan fingerprint density at radius 3 is 2.53 bits per heavy atom. The van der Waals surface area contributed by atoms with Crippen LogP contribution in [-0.4, -0.2) is 33.4 Å². The Balaban J connectivity index is 2.33. The molecule has 3 N–H and O–H groups in total. The van der Waals surface area contributed by atoms with Crippen LogP contribution >= 0.6 is 0 Å². The number of nitrogens with two attached hydrogens (primary N) is 1. The van der Waals surface area contributed by atoms with Crippen LogP contribution in [0, 0.1) is 0 Å². The van der Waals surface area contributed by atoms with E-state index < -0.39 is 9.84 Å². The van der Waals surface area contributed by atoms with Gasteiger partial charge in [0.05, 0.1) is 35.0 Å². The molecule has 0 aromatic heterocycles. The molecule has 1 saturated heterocycles. The maximum atomic E-state index is 11.5. The first-order valence-electron chi connectivity index (χ1n) is 5.26. The zero-order chi connectivity index (χ0) is 12.7. The minimum Gasteiger partial charge on any atom is -0.397 e. The van der Waals surface area contributed by atoms with E-state index in [2.05, 4.69) is 5.32 Å². The van der Waals surface area contributed by atoms with Gasteiger partial charge in [-0.3, -0.25) is 0 Å². The molecule has 0 aliphatic carbocycles. The van der Waals surface area contributed by atoms with Crippen LogP contribution < -0.4 is 11.1 Å². The summed E-state index contributed by atoms with van der Waals surface area (Å²) in [7, 11) is -3.21. The van der Waals surface area contributed by atoms with E-state index in [-0.39, 0.29) is 10.4 Å². The van der Waals surface area contributed by atoms with E-state index in [4.69, 9.17) is 10.5 Å². The van der Waals surface area contributed by atoms with E-state index >= 15 is 0 Å². The third kappa shape index (κ3) is 2.53. The lowest BCUT2D eigenvalue weighted by molar-refractivity contribution is -0.0318. The Bertz CT molecular complexity index is 536. The molecule has 0 spiro atoms. The molecular weight excluding hydrogens is 240 g/mol. The number of nitrogens with one attached hydrogen (secondary N) is 1. The number of sulfone groups is 1. The third-order valence-corrected chi connectivity index (χ3v) is 3.84. The first kappa shape index (κ1) is 12.2. The molecule has 94 valence electrons. The van der Waals surface area contributed by atoms with E-state index in [9.17, 15) is 8.42 Å². The van der Waals surface area contributed by atoms with Crippen molar-refractivity contribution >= 4 is 21.2 Å². The molecule has 1 aliphatic heterocycles. The van der Waals surface area contributed by atoms with Gasteiger partial charge in [0.2, 0.25) is 0 Å². The topological polar surface area (TPSA) is 81.4 Å². The van der Waals surface area contributed by atoms with Gasteiger partial charge in [-0.2, -0.15) is 0 Å². The second-order valence-corrected chi connectivity index (χ2v) is 6.72. The van der Waals surface area contributed by atoms with Crippen molar-refractivity contribution in [1.29, 1.82) is 0 Å². The van der Waals surface area contributed by atoms with Gasteiger partial charge in [0.25, 0.3) is 0 Å². The molecule has 2 rings (SSSR count). The van der Waals surface area contributed by atoms with Gasteiger partial charge in [-0.1, -0.05) is 0 Å². The van der Waals surface area contributed by atoms with Crippen molar-refractivity contribution in [2.24, 2.45) is 0 Å². The van der Waals surface area contributed by atoms with Crippen molar-refractivity contribution in [2.75, 3.05) is 30.5 Å². The molecular formula is C11H16N2O3S. The summed E-state index contributed by atoms with van der Waals surface area (Å²) in [5.74, 6) is 0. The summed E-state index contributed by atoms with van der Waals surface area (Å²) in [6.07, 6.45) is 1.18. The molecule has 0 amide bonds. The fraction of sp³-hybridized carbons (Fsp3) is 0.455. The Kier molecular flexibility index (Phi) is 2.79. The minimum atomic E-state index is -3.21. The molecule has 5 nitrogen and oxygen atoms in total. The molecule has 17 heavy (non-hydrogen) atoms. The molecule has 0 atom stereocenters. The average molecular weight is 256 g/mol. The Labute approximate surface area is 101 Å². The molecule has 1 aromatic carbocycles. The van der Waals surface area contributed by atoms with Crippen LogP contribution in [0.4, 0.5) is 11.4 Å². The van der Waals surface area contributed by atoms with Crippen LogP contribution in [0.3, 0.4) is 0 Å². The number of nitrogen functional groups attached to an aromatic ring is 1. The van der Waals surface area contributed by atoms with Gasteiger partial charge >= 0.3 is 0 Å². The Morgan fingerprint density at radius 1 is 1.41 bits per heavy atom. The second-order valence-electron chi connectivity index (χ2n) is 4.70. The van der Waals surface area contributed by atoms with Gasteiger partial charge in [-0.25, -0.2) is 8.42 Å². The lowest BCUT2D eigenvalue weighted by Gasteiger charge is -2.40. The van der Waals surface area contributed by atoms with E-state index in [1.165, 1.54) is 12.3 Å². The van der Waals surface area contributed by atoms with Gasteiger partial charge < -0.3 is 15.8 Å². The summed E-state index contributed by atoms with van der Waals surface area (Å²) in [6.45, 7) is 3.19. The molecule has 1 aromatic rings. The number of benzene rings is 1. The van der Waals surface area contributed by atoms with Crippen LogP contribution in [0.25, 0.3) is 0 Å². The normalized spacial score (nSPS) is 18.5. The van der Waals surface area contributed by atoms with Gasteiger partial charge in [0.1, 0.15) is 0 Å². The predicted molar refractivity (Wildman–Crippen MR) is 66.8 cm³/mol. The van der Waals surface area contributed by atoms with Gasteiger partial charge in [-0.15, -0.1) is 0 Å². The highest BCUT2D eigenvalue weighted by molar-refractivity contribution is 7.90. The second kappa shape index (κ2) is 3.89. The molecule has 0 saturated carbocycles. The Morgan fingerprint density at radius 2 is 2.06 bits per heavy atom. The fourth-order valence-electron chi connectivity index (χ4n) is 1.68. The lowest BCUT2D eigenvalue weighted by atomic mass is 10.00. The van der Waals surface area contributed by atoms with Crippen molar-refractivity contribution in [3.63, 3.8) is 0 Å². The van der Waals surface area contributed by atoms with Crippen molar-refractivity contribution in [3.8, 4) is 0 Å². The quantitative estimate of drug-likeness (QED) is 0.784. The number of ether oxygens (including phenoxy) is 1. The smallest absolute Gasteiger partial charge is 0.175 e. The van der Waals surface area contributed by atoms with Crippen molar-refractivity contribution < 1.29 is 13.2 Å². The summed E-state index contributed by atoms with van der Waals surface area (Å²) in [5.41, 5.74) is 6.83. The van der Waals surface area contributed by atoms with E-state index in [0.717, 1.165) is 0 Å². The zero-order valence-electron chi connectivity index (χ0n) is 9.86. The highest BCUT2D eigenvalue weighted by Crippen LogP contribution is 2.28. The summed E-state index contributed by atoms with van der Waals surface area (Å²) >= 11 is 0.